The Morgan fingerprint density at radius 2 is 2.12 bits per heavy atom. The highest BCUT2D eigenvalue weighted by molar-refractivity contribution is 6.43. The lowest BCUT2D eigenvalue weighted by atomic mass is 10.1. The molecule has 0 atom stereocenters. The van der Waals surface area contributed by atoms with Gasteiger partial charge in [0.15, 0.2) is 0 Å². The number of benzene rings is 1. The van der Waals surface area contributed by atoms with Crippen LogP contribution in [0.3, 0.4) is 0 Å². The van der Waals surface area contributed by atoms with E-state index in [-0.39, 0.29) is 23.9 Å². The summed E-state index contributed by atoms with van der Waals surface area (Å²) in [5.74, 6) is -0.516. The number of hydrazone groups is 1. The Morgan fingerprint density at radius 3 is 2.76 bits per heavy atom. The summed E-state index contributed by atoms with van der Waals surface area (Å²) in [6.45, 7) is 0.538. The number of rotatable bonds is 4. The molecule has 88 valence electrons. The van der Waals surface area contributed by atoms with Gasteiger partial charge in [0, 0.05) is 6.54 Å². The first-order valence-corrected chi connectivity index (χ1v) is 5.43. The SMILES string of the molecule is O=C1CC(C(=O)NCCc2ccccc2)=NN1. The summed E-state index contributed by atoms with van der Waals surface area (Å²) >= 11 is 0. The van der Waals surface area contributed by atoms with Gasteiger partial charge in [0.1, 0.15) is 5.71 Å². The van der Waals surface area contributed by atoms with Crippen molar-refractivity contribution in [2.75, 3.05) is 6.54 Å². The second-order valence-corrected chi connectivity index (χ2v) is 3.76. The second kappa shape index (κ2) is 5.25. The molecule has 5 nitrogen and oxygen atoms in total. The Morgan fingerprint density at radius 1 is 1.35 bits per heavy atom. The van der Waals surface area contributed by atoms with Gasteiger partial charge < -0.3 is 5.32 Å². The minimum absolute atomic E-state index is 0.0666. The zero-order chi connectivity index (χ0) is 12.1. The van der Waals surface area contributed by atoms with Crippen molar-refractivity contribution in [2.24, 2.45) is 5.10 Å². The van der Waals surface area contributed by atoms with E-state index in [4.69, 9.17) is 0 Å². The van der Waals surface area contributed by atoms with Crippen LogP contribution >= 0.6 is 0 Å². The maximum absolute atomic E-state index is 11.5. The molecule has 0 saturated carbocycles. The number of nitrogens with zero attached hydrogens (tertiary/aromatic N) is 1. The molecule has 0 unspecified atom stereocenters. The van der Waals surface area contributed by atoms with Crippen molar-refractivity contribution in [3.63, 3.8) is 0 Å². The summed E-state index contributed by atoms with van der Waals surface area (Å²) in [6, 6.07) is 9.88. The topological polar surface area (TPSA) is 70.6 Å². The average Bonchev–Trinajstić information content (AvgIpc) is 2.77. The van der Waals surface area contributed by atoms with Crippen LogP contribution in [-0.2, 0) is 16.0 Å². The number of nitrogens with one attached hydrogen (secondary N) is 2. The molecule has 0 fully saturated rings. The van der Waals surface area contributed by atoms with E-state index in [2.05, 4.69) is 15.8 Å². The molecular formula is C12H13N3O2. The summed E-state index contributed by atoms with van der Waals surface area (Å²) in [5.41, 5.74) is 3.66. The fourth-order valence-electron chi connectivity index (χ4n) is 1.56. The number of hydrogen-bond donors (Lipinski definition) is 2. The van der Waals surface area contributed by atoms with Gasteiger partial charge in [-0.2, -0.15) is 5.10 Å². The van der Waals surface area contributed by atoms with Crippen LogP contribution in [-0.4, -0.2) is 24.1 Å². The highest BCUT2D eigenvalue weighted by Gasteiger charge is 2.20. The van der Waals surface area contributed by atoms with Crippen LogP contribution in [0.5, 0.6) is 0 Å². The maximum atomic E-state index is 11.5. The number of amides is 2. The molecule has 2 rings (SSSR count). The molecule has 0 saturated heterocycles. The third-order valence-corrected chi connectivity index (χ3v) is 2.45. The smallest absolute Gasteiger partial charge is 0.268 e. The van der Waals surface area contributed by atoms with Crippen LogP contribution in [0.4, 0.5) is 0 Å². The number of carbonyl (C=O) groups is 2. The van der Waals surface area contributed by atoms with Crippen LogP contribution in [0.15, 0.2) is 35.4 Å². The average molecular weight is 231 g/mol. The molecule has 0 bridgehead atoms. The molecule has 5 heteroatoms. The van der Waals surface area contributed by atoms with Crippen molar-refractivity contribution in [1.29, 1.82) is 0 Å². The van der Waals surface area contributed by atoms with E-state index in [1.165, 1.54) is 0 Å². The molecule has 0 aromatic heterocycles. The van der Waals surface area contributed by atoms with E-state index in [1.807, 2.05) is 30.3 Å². The molecule has 1 aliphatic heterocycles. The molecule has 0 spiro atoms. The molecule has 1 heterocycles. The zero-order valence-corrected chi connectivity index (χ0v) is 9.27. The van der Waals surface area contributed by atoms with E-state index >= 15 is 0 Å². The van der Waals surface area contributed by atoms with Crippen LogP contribution in [0.25, 0.3) is 0 Å². The summed E-state index contributed by atoms with van der Waals surface area (Å²) in [4.78, 5) is 22.4. The largest absolute Gasteiger partial charge is 0.351 e. The predicted octanol–water partition coefficient (Wildman–Crippen LogP) is 0.221. The van der Waals surface area contributed by atoms with Crippen molar-refractivity contribution < 1.29 is 9.59 Å². The monoisotopic (exact) mass is 231 g/mol. The van der Waals surface area contributed by atoms with Crippen molar-refractivity contribution in [3.8, 4) is 0 Å². The first-order chi connectivity index (χ1) is 8.25. The first-order valence-electron chi connectivity index (χ1n) is 5.43. The van der Waals surface area contributed by atoms with Gasteiger partial charge >= 0.3 is 0 Å². The number of carbonyl (C=O) groups excluding carboxylic acids is 2. The standard InChI is InChI=1S/C12H13N3O2/c16-11-8-10(14-15-11)12(17)13-7-6-9-4-2-1-3-5-9/h1-5H,6-8H2,(H,13,17)(H,15,16). The van der Waals surface area contributed by atoms with Crippen molar-refractivity contribution in [3.05, 3.63) is 35.9 Å². The molecule has 2 amide bonds. The molecular weight excluding hydrogens is 218 g/mol. The van der Waals surface area contributed by atoms with Crippen molar-refractivity contribution >= 4 is 17.5 Å². The summed E-state index contributed by atoms with van der Waals surface area (Å²) in [7, 11) is 0. The highest BCUT2D eigenvalue weighted by Crippen LogP contribution is 1.99. The quantitative estimate of drug-likeness (QED) is 0.778. The predicted molar refractivity (Wildman–Crippen MR) is 63.4 cm³/mol. The van der Waals surface area contributed by atoms with E-state index in [0.29, 0.717) is 6.54 Å². The summed E-state index contributed by atoms with van der Waals surface area (Å²) in [6.07, 6.45) is 0.832. The van der Waals surface area contributed by atoms with Gasteiger partial charge in [-0.05, 0) is 12.0 Å². The fourth-order valence-corrected chi connectivity index (χ4v) is 1.56. The van der Waals surface area contributed by atoms with E-state index in [0.717, 1.165) is 12.0 Å². The second-order valence-electron chi connectivity index (χ2n) is 3.76. The molecule has 0 aliphatic carbocycles. The third-order valence-electron chi connectivity index (χ3n) is 2.45. The lowest BCUT2D eigenvalue weighted by molar-refractivity contribution is -0.120. The molecule has 2 N–H and O–H groups in total. The molecule has 1 aromatic carbocycles. The zero-order valence-electron chi connectivity index (χ0n) is 9.27. The highest BCUT2D eigenvalue weighted by atomic mass is 16.2. The third kappa shape index (κ3) is 3.14. The molecule has 17 heavy (non-hydrogen) atoms. The van der Waals surface area contributed by atoms with Gasteiger partial charge in [-0.1, -0.05) is 30.3 Å². The first kappa shape index (κ1) is 11.3. The van der Waals surface area contributed by atoms with Crippen LogP contribution in [0.1, 0.15) is 12.0 Å². The van der Waals surface area contributed by atoms with Gasteiger partial charge in [-0.25, -0.2) is 5.43 Å². The van der Waals surface area contributed by atoms with Gasteiger partial charge in [-0.3, -0.25) is 9.59 Å². The number of hydrogen-bond acceptors (Lipinski definition) is 3. The van der Waals surface area contributed by atoms with E-state index < -0.39 is 0 Å². The van der Waals surface area contributed by atoms with Crippen LogP contribution in [0, 0.1) is 0 Å². The van der Waals surface area contributed by atoms with E-state index in [9.17, 15) is 9.59 Å². The van der Waals surface area contributed by atoms with Crippen molar-refractivity contribution in [1.82, 2.24) is 10.7 Å². The van der Waals surface area contributed by atoms with Gasteiger partial charge in [0.2, 0.25) is 5.91 Å². The van der Waals surface area contributed by atoms with Gasteiger partial charge in [-0.15, -0.1) is 0 Å². The Kier molecular flexibility index (Phi) is 3.49. The fraction of sp³-hybridized carbons (Fsp3) is 0.250. The lowest BCUT2D eigenvalue weighted by Crippen LogP contribution is -2.32. The Bertz CT molecular complexity index is 454. The Hall–Kier alpha value is -2.17. The minimum Gasteiger partial charge on any atom is -0.351 e. The molecule has 0 radical (unpaired) electrons. The molecule has 1 aromatic rings. The van der Waals surface area contributed by atoms with E-state index in [1.54, 1.807) is 0 Å². The Labute approximate surface area is 98.9 Å². The molecule has 1 aliphatic rings. The van der Waals surface area contributed by atoms with Crippen LogP contribution in [0.2, 0.25) is 0 Å². The van der Waals surface area contributed by atoms with Gasteiger partial charge in [0.05, 0.1) is 6.42 Å². The van der Waals surface area contributed by atoms with Crippen molar-refractivity contribution in [2.45, 2.75) is 12.8 Å². The summed E-state index contributed by atoms with van der Waals surface area (Å²) < 4.78 is 0. The maximum Gasteiger partial charge on any atom is 0.268 e. The summed E-state index contributed by atoms with van der Waals surface area (Å²) in [5, 5.41) is 6.38. The normalized spacial score (nSPS) is 14.1. The Balaban J connectivity index is 1.76. The van der Waals surface area contributed by atoms with Crippen LogP contribution < -0.4 is 10.7 Å². The minimum atomic E-state index is -0.278. The lowest BCUT2D eigenvalue weighted by Gasteiger charge is -2.03. The van der Waals surface area contributed by atoms with Gasteiger partial charge in [0.25, 0.3) is 5.91 Å².